The van der Waals surface area contributed by atoms with Gasteiger partial charge in [0, 0.05) is 46.6 Å². The number of hydrogen-bond donors (Lipinski definition) is 3. The van der Waals surface area contributed by atoms with Crippen LogP contribution in [-0.2, 0) is 22.1 Å². The lowest BCUT2D eigenvalue weighted by Crippen LogP contribution is -2.21. The molecule has 1 aromatic rings. The van der Waals surface area contributed by atoms with Crippen molar-refractivity contribution in [3.05, 3.63) is 76.7 Å². The van der Waals surface area contributed by atoms with Crippen LogP contribution >= 0.6 is 0 Å². The van der Waals surface area contributed by atoms with Crippen LogP contribution in [0.2, 0.25) is 0 Å². The molecule has 8 heteroatoms. The number of ketones is 1. The van der Waals surface area contributed by atoms with E-state index in [0.29, 0.717) is 23.5 Å². The summed E-state index contributed by atoms with van der Waals surface area (Å²) < 4.78 is 12.4. The van der Waals surface area contributed by atoms with Gasteiger partial charge in [0.15, 0.2) is 0 Å². The van der Waals surface area contributed by atoms with Gasteiger partial charge in [-0.05, 0) is 43.8 Å². The lowest BCUT2D eigenvalue weighted by Gasteiger charge is -2.18. The van der Waals surface area contributed by atoms with Crippen molar-refractivity contribution >= 4 is 34.7 Å². The van der Waals surface area contributed by atoms with Gasteiger partial charge in [0.2, 0.25) is 5.78 Å². The Morgan fingerprint density at radius 1 is 1.34 bits per heavy atom. The van der Waals surface area contributed by atoms with Gasteiger partial charge in [0.05, 0.1) is 17.0 Å². The third kappa shape index (κ3) is 7.04. The van der Waals surface area contributed by atoms with E-state index in [1.165, 1.54) is 6.08 Å². The van der Waals surface area contributed by atoms with Crippen LogP contribution in [0.3, 0.4) is 0 Å². The van der Waals surface area contributed by atoms with Crippen molar-refractivity contribution in [2.24, 2.45) is 15.7 Å². The maximum Gasteiger partial charge on any atom is 0.208 e. The molecule has 1 aromatic carbocycles. The highest BCUT2D eigenvalue weighted by atomic mass is 32.2. The minimum absolute atomic E-state index is 0.00788. The SMILES string of the molecule is C=N/C(=C(\N=C(C)C1=CCC(S(=O)C(C)C)C=C1)C(=O)C=C(N)c1ccc(CNC)cc1)[C@H]1CN1. The fraction of sp³-hybridized carbons (Fsp3) is 0.370. The Kier molecular flexibility index (Phi) is 9.26. The molecule has 0 saturated carbocycles. The summed E-state index contributed by atoms with van der Waals surface area (Å²) >= 11 is 0. The van der Waals surface area contributed by atoms with Crippen molar-refractivity contribution in [2.45, 2.75) is 50.3 Å². The maximum absolute atomic E-state index is 13.3. The third-order valence-corrected chi connectivity index (χ3v) is 7.74. The molecule has 0 amide bonds. The van der Waals surface area contributed by atoms with Crippen LogP contribution < -0.4 is 16.4 Å². The number of aliphatic imine (C=N–C) groups is 2. The minimum Gasteiger partial charge on any atom is -0.398 e. The Hall–Kier alpha value is -2.94. The first kappa shape index (κ1) is 26.7. The van der Waals surface area contributed by atoms with Crippen LogP contribution in [0.5, 0.6) is 0 Å². The second kappa shape index (κ2) is 12.2. The second-order valence-corrected chi connectivity index (χ2v) is 11.1. The van der Waals surface area contributed by atoms with Crippen LogP contribution in [0.1, 0.15) is 38.3 Å². The van der Waals surface area contributed by atoms with E-state index in [1.807, 2.05) is 70.3 Å². The normalized spacial score (nSPS) is 21.9. The highest BCUT2D eigenvalue weighted by Crippen LogP contribution is 2.24. The molecule has 0 radical (unpaired) electrons. The molecule has 1 aliphatic heterocycles. The molecule has 1 fully saturated rings. The van der Waals surface area contributed by atoms with E-state index in [-0.39, 0.29) is 28.0 Å². The fourth-order valence-electron chi connectivity index (χ4n) is 3.78. The zero-order chi connectivity index (χ0) is 25.5. The van der Waals surface area contributed by atoms with Crippen molar-refractivity contribution in [3.8, 4) is 0 Å². The standard InChI is InChI=1S/C27H35N5O2S/c1-17(2)35(34)22-12-10-20(11-13-22)18(3)32-27(26(30-5)24-16-31-24)25(33)14-23(28)21-8-6-19(7-9-21)15-29-4/h6-12,14,17,22,24,29,31H,5,13,15-16,28H2,1-4H3/b23-14?,27-26-,32-18?/t22?,24-,35?/m1/s1. The molecule has 186 valence electrons. The second-order valence-electron chi connectivity index (χ2n) is 8.91. The number of benzene rings is 1. The average molecular weight is 494 g/mol. The topological polar surface area (TPSA) is 119 Å². The molecule has 2 aliphatic rings. The van der Waals surface area contributed by atoms with E-state index >= 15 is 0 Å². The Labute approximate surface area is 210 Å². The summed E-state index contributed by atoms with van der Waals surface area (Å²) in [7, 11) is 0.960. The van der Waals surface area contributed by atoms with Gasteiger partial charge >= 0.3 is 0 Å². The van der Waals surface area contributed by atoms with E-state index in [9.17, 15) is 9.00 Å². The van der Waals surface area contributed by atoms with Gasteiger partial charge in [-0.2, -0.15) is 0 Å². The van der Waals surface area contributed by atoms with E-state index < -0.39 is 10.8 Å². The summed E-state index contributed by atoms with van der Waals surface area (Å²) in [4.78, 5) is 22.2. The van der Waals surface area contributed by atoms with Gasteiger partial charge in [-0.25, -0.2) is 4.99 Å². The number of hydrogen-bond acceptors (Lipinski definition) is 7. The molecule has 0 bridgehead atoms. The molecule has 3 atom stereocenters. The zero-order valence-electron chi connectivity index (χ0n) is 20.9. The van der Waals surface area contributed by atoms with Gasteiger partial charge in [-0.3, -0.25) is 14.0 Å². The summed E-state index contributed by atoms with van der Waals surface area (Å²) in [6, 6.07) is 7.69. The maximum atomic E-state index is 13.3. The summed E-state index contributed by atoms with van der Waals surface area (Å²) in [6.45, 7) is 10.9. The number of allylic oxidation sites excluding steroid dienone is 4. The number of nitrogens with zero attached hydrogens (tertiary/aromatic N) is 2. The van der Waals surface area contributed by atoms with Gasteiger partial charge in [0.1, 0.15) is 5.70 Å². The predicted octanol–water partition coefficient (Wildman–Crippen LogP) is 3.03. The molecule has 1 heterocycles. The van der Waals surface area contributed by atoms with E-state index in [4.69, 9.17) is 10.7 Å². The minimum atomic E-state index is -0.930. The summed E-state index contributed by atoms with van der Waals surface area (Å²) in [6.07, 6.45) is 8.01. The summed E-state index contributed by atoms with van der Waals surface area (Å²) in [5.74, 6) is -0.323. The quantitative estimate of drug-likeness (QED) is 0.249. The van der Waals surface area contributed by atoms with Crippen molar-refractivity contribution < 1.29 is 9.00 Å². The molecule has 1 saturated heterocycles. The smallest absolute Gasteiger partial charge is 0.208 e. The lowest BCUT2D eigenvalue weighted by atomic mass is 10.0. The van der Waals surface area contributed by atoms with E-state index in [0.717, 1.165) is 29.8 Å². The monoisotopic (exact) mass is 493 g/mol. The Balaban J connectivity index is 1.88. The highest BCUT2D eigenvalue weighted by Gasteiger charge is 2.30. The van der Waals surface area contributed by atoms with Crippen molar-refractivity contribution in [2.75, 3.05) is 13.6 Å². The highest BCUT2D eigenvalue weighted by molar-refractivity contribution is 7.86. The Morgan fingerprint density at radius 2 is 2.03 bits per heavy atom. The molecule has 0 spiro atoms. The first-order chi connectivity index (χ1) is 16.7. The number of nitrogens with two attached hydrogens (primary N) is 1. The number of carbonyl (C=O) groups is 1. The average Bonchev–Trinajstić information content (AvgIpc) is 3.69. The van der Waals surface area contributed by atoms with Crippen molar-refractivity contribution in [1.29, 1.82) is 0 Å². The molecule has 3 rings (SSSR count). The largest absolute Gasteiger partial charge is 0.398 e. The lowest BCUT2D eigenvalue weighted by molar-refractivity contribution is -0.111. The molecule has 0 aromatic heterocycles. The Bertz CT molecular complexity index is 1140. The molecule has 7 nitrogen and oxygen atoms in total. The van der Waals surface area contributed by atoms with E-state index in [2.05, 4.69) is 22.3 Å². The summed E-state index contributed by atoms with van der Waals surface area (Å²) in [5, 5.41) is 6.37. The fourth-order valence-corrected chi connectivity index (χ4v) is 4.99. The van der Waals surface area contributed by atoms with Crippen LogP contribution in [0.15, 0.2) is 75.5 Å². The van der Waals surface area contributed by atoms with Crippen LogP contribution in [0.4, 0.5) is 0 Å². The van der Waals surface area contributed by atoms with Crippen LogP contribution in [-0.4, -0.2) is 52.6 Å². The van der Waals surface area contributed by atoms with Gasteiger partial charge in [-0.15, -0.1) is 0 Å². The number of rotatable bonds is 11. The molecule has 1 aliphatic carbocycles. The molecular weight excluding hydrogens is 458 g/mol. The van der Waals surface area contributed by atoms with E-state index in [1.54, 1.807) is 0 Å². The summed E-state index contributed by atoms with van der Waals surface area (Å²) in [5.41, 5.74) is 10.8. The number of nitrogens with one attached hydrogen (secondary N) is 2. The first-order valence-corrected chi connectivity index (χ1v) is 13.1. The van der Waals surface area contributed by atoms with Crippen LogP contribution in [0, 0.1) is 0 Å². The molecule has 2 unspecified atom stereocenters. The van der Waals surface area contributed by atoms with Gasteiger partial charge in [-0.1, -0.05) is 56.3 Å². The zero-order valence-corrected chi connectivity index (χ0v) is 21.7. The van der Waals surface area contributed by atoms with Crippen molar-refractivity contribution in [3.63, 3.8) is 0 Å². The third-order valence-electron chi connectivity index (χ3n) is 5.86. The number of carbonyl (C=O) groups excluding carboxylic acids is 1. The molecular formula is C27H35N5O2S. The van der Waals surface area contributed by atoms with Crippen molar-refractivity contribution in [1.82, 2.24) is 10.6 Å². The molecule has 4 N–H and O–H groups in total. The van der Waals surface area contributed by atoms with Crippen LogP contribution in [0.25, 0.3) is 5.70 Å². The first-order valence-electron chi connectivity index (χ1n) is 11.8. The Morgan fingerprint density at radius 3 is 2.54 bits per heavy atom. The van der Waals surface area contributed by atoms with Gasteiger partial charge < -0.3 is 16.4 Å². The predicted molar refractivity (Wildman–Crippen MR) is 147 cm³/mol. The molecule has 35 heavy (non-hydrogen) atoms. The van der Waals surface area contributed by atoms with Gasteiger partial charge in [0.25, 0.3) is 0 Å².